The first-order valence-electron chi connectivity index (χ1n) is 10.1. The van der Waals surface area contributed by atoms with Gasteiger partial charge >= 0.3 is 5.97 Å². The van der Waals surface area contributed by atoms with Gasteiger partial charge in [-0.05, 0) is 37.6 Å². The van der Waals surface area contributed by atoms with Crippen LogP contribution in [0.3, 0.4) is 0 Å². The molecule has 6 heteroatoms. The van der Waals surface area contributed by atoms with Crippen molar-refractivity contribution >= 4 is 29.1 Å². The predicted octanol–water partition coefficient (Wildman–Crippen LogP) is 4.63. The van der Waals surface area contributed by atoms with E-state index in [0.29, 0.717) is 11.1 Å². The lowest BCUT2D eigenvalue weighted by molar-refractivity contribution is -0.132. The molecule has 0 spiro atoms. The van der Waals surface area contributed by atoms with Crippen LogP contribution < -0.4 is 4.90 Å². The number of aromatic carboxylic acids is 1. The zero-order valence-corrected chi connectivity index (χ0v) is 17.6. The standard InChI is InChI=1S/C26H21NO5/c1-15-6-10-17(11-7-15)22-21(23(28)18-12-8-16(2)9-13-18)24(29)25(30)27(22)20-5-3-4-19(14-20)26(31)32/h3-14,22,28H,1-2H3,(H,31,32). The van der Waals surface area contributed by atoms with Gasteiger partial charge in [0.25, 0.3) is 11.7 Å². The van der Waals surface area contributed by atoms with E-state index in [4.69, 9.17) is 0 Å². The van der Waals surface area contributed by atoms with Gasteiger partial charge in [0.1, 0.15) is 5.76 Å². The zero-order valence-electron chi connectivity index (χ0n) is 17.6. The van der Waals surface area contributed by atoms with Gasteiger partial charge < -0.3 is 10.2 Å². The number of hydrogen-bond donors (Lipinski definition) is 2. The molecular formula is C26H21NO5. The minimum atomic E-state index is -1.14. The first-order chi connectivity index (χ1) is 15.3. The SMILES string of the molecule is Cc1ccc(C(O)=C2C(=O)C(=O)N(c3cccc(C(=O)O)c3)C2c2ccc(C)cc2)cc1. The van der Waals surface area contributed by atoms with Gasteiger partial charge in [0, 0.05) is 11.3 Å². The number of ketones is 1. The molecule has 2 N–H and O–H groups in total. The Morgan fingerprint density at radius 3 is 2.00 bits per heavy atom. The van der Waals surface area contributed by atoms with Crippen LogP contribution in [0.25, 0.3) is 5.76 Å². The monoisotopic (exact) mass is 427 g/mol. The maximum absolute atomic E-state index is 13.1. The highest BCUT2D eigenvalue weighted by Crippen LogP contribution is 2.42. The van der Waals surface area contributed by atoms with Gasteiger partial charge in [0.2, 0.25) is 0 Å². The highest BCUT2D eigenvalue weighted by molar-refractivity contribution is 6.51. The van der Waals surface area contributed by atoms with E-state index in [1.165, 1.54) is 23.1 Å². The molecular weight excluding hydrogens is 406 g/mol. The zero-order chi connectivity index (χ0) is 23.0. The number of carboxylic acids is 1. The minimum Gasteiger partial charge on any atom is -0.507 e. The number of hydrogen-bond acceptors (Lipinski definition) is 4. The number of amides is 1. The molecule has 1 saturated heterocycles. The topological polar surface area (TPSA) is 94.9 Å². The number of aryl methyl sites for hydroxylation is 2. The van der Waals surface area contributed by atoms with Crippen molar-refractivity contribution in [3.63, 3.8) is 0 Å². The minimum absolute atomic E-state index is 0.00871. The molecule has 3 aromatic carbocycles. The van der Waals surface area contributed by atoms with Crippen molar-refractivity contribution in [2.24, 2.45) is 0 Å². The first kappa shape index (κ1) is 21.1. The maximum atomic E-state index is 13.1. The number of aliphatic hydroxyl groups is 1. The second-order valence-electron chi connectivity index (χ2n) is 7.80. The van der Waals surface area contributed by atoms with E-state index in [1.807, 2.05) is 38.1 Å². The Labute approximate surface area is 185 Å². The van der Waals surface area contributed by atoms with Gasteiger partial charge in [-0.2, -0.15) is 0 Å². The summed E-state index contributed by atoms with van der Waals surface area (Å²) in [5, 5.41) is 20.5. The Kier molecular flexibility index (Phi) is 5.36. The quantitative estimate of drug-likeness (QED) is 0.360. The number of carbonyl (C=O) groups excluding carboxylic acids is 2. The number of aliphatic hydroxyl groups excluding tert-OH is 1. The van der Waals surface area contributed by atoms with Gasteiger partial charge in [-0.1, -0.05) is 65.7 Å². The third kappa shape index (κ3) is 3.67. The Bertz CT molecular complexity index is 1260. The molecule has 0 bridgehead atoms. The molecule has 1 fully saturated rings. The molecule has 0 saturated carbocycles. The van der Waals surface area contributed by atoms with Crippen LogP contribution >= 0.6 is 0 Å². The summed E-state index contributed by atoms with van der Waals surface area (Å²) >= 11 is 0. The van der Waals surface area contributed by atoms with E-state index in [1.54, 1.807) is 30.3 Å². The van der Waals surface area contributed by atoms with Crippen LogP contribution in [0.2, 0.25) is 0 Å². The molecule has 3 aromatic rings. The summed E-state index contributed by atoms with van der Waals surface area (Å²) in [7, 11) is 0. The molecule has 1 atom stereocenters. The molecule has 32 heavy (non-hydrogen) atoms. The van der Waals surface area contributed by atoms with E-state index < -0.39 is 23.7 Å². The molecule has 1 unspecified atom stereocenters. The second-order valence-corrected chi connectivity index (χ2v) is 7.80. The van der Waals surface area contributed by atoms with Crippen LogP contribution in [-0.4, -0.2) is 27.9 Å². The molecule has 1 aliphatic rings. The van der Waals surface area contributed by atoms with Crippen molar-refractivity contribution in [2.75, 3.05) is 4.90 Å². The number of carboxylic acid groups (broad SMARTS) is 1. The fraction of sp³-hybridized carbons (Fsp3) is 0.115. The lowest BCUT2D eigenvalue weighted by atomic mass is 9.94. The fourth-order valence-corrected chi connectivity index (χ4v) is 3.82. The number of benzene rings is 3. The van der Waals surface area contributed by atoms with Gasteiger partial charge in [0.15, 0.2) is 0 Å². The predicted molar refractivity (Wildman–Crippen MR) is 121 cm³/mol. The molecule has 1 aliphatic heterocycles. The van der Waals surface area contributed by atoms with Crippen molar-refractivity contribution in [3.8, 4) is 0 Å². The summed E-state index contributed by atoms with van der Waals surface area (Å²) in [4.78, 5) is 39.0. The van der Waals surface area contributed by atoms with Crippen LogP contribution in [0.4, 0.5) is 5.69 Å². The Balaban J connectivity index is 1.94. The number of rotatable bonds is 4. The number of Topliss-reactive ketones (excluding diaryl/α,β-unsaturated/α-hetero) is 1. The summed E-state index contributed by atoms with van der Waals surface area (Å²) in [6, 6.07) is 19.2. The smallest absolute Gasteiger partial charge is 0.335 e. The van der Waals surface area contributed by atoms with Crippen LogP contribution in [0, 0.1) is 13.8 Å². The molecule has 0 aromatic heterocycles. The summed E-state index contributed by atoms with van der Waals surface area (Å²) in [6.45, 7) is 3.83. The number of carbonyl (C=O) groups is 3. The summed E-state index contributed by atoms with van der Waals surface area (Å²) < 4.78 is 0. The first-order valence-corrected chi connectivity index (χ1v) is 10.1. The summed E-state index contributed by atoms with van der Waals surface area (Å²) in [5.74, 6) is -3.07. The molecule has 1 heterocycles. The summed E-state index contributed by atoms with van der Waals surface area (Å²) in [6.07, 6.45) is 0. The molecule has 0 radical (unpaired) electrons. The molecule has 6 nitrogen and oxygen atoms in total. The van der Waals surface area contributed by atoms with Gasteiger partial charge in [-0.3, -0.25) is 14.5 Å². The van der Waals surface area contributed by atoms with Gasteiger partial charge in [0.05, 0.1) is 17.2 Å². The highest BCUT2D eigenvalue weighted by atomic mass is 16.4. The van der Waals surface area contributed by atoms with Gasteiger partial charge in [-0.25, -0.2) is 4.79 Å². The third-order valence-electron chi connectivity index (χ3n) is 5.53. The average Bonchev–Trinajstić information content (AvgIpc) is 3.05. The molecule has 1 amide bonds. The number of nitrogens with zero attached hydrogens (tertiary/aromatic N) is 1. The van der Waals surface area contributed by atoms with E-state index in [2.05, 4.69) is 0 Å². The van der Waals surface area contributed by atoms with E-state index in [-0.39, 0.29) is 22.6 Å². The van der Waals surface area contributed by atoms with Crippen LogP contribution in [0.5, 0.6) is 0 Å². The average molecular weight is 427 g/mol. The van der Waals surface area contributed by atoms with Crippen LogP contribution in [0.1, 0.15) is 38.7 Å². The Morgan fingerprint density at radius 2 is 1.41 bits per heavy atom. The van der Waals surface area contributed by atoms with Crippen molar-refractivity contribution in [1.29, 1.82) is 0 Å². The molecule has 160 valence electrons. The van der Waals surface area contributed by atoms with Crippen LogP contribution in [-0.2, 0) is 9.59 Å². The number of anilines is 1. The Hall–Kier alpha value is -4.19. The molecule has 4 rings (SSSR count). The van der Waals surface area contributed by atoms with E-state index >= 15 is 0 Å². The van der Waals surface area contributed by atoms with Crippen molar-refractivity contribution in [3.05, 3.63) is 106 Å². The van der Waals surface area contributed by atoms with E-state index in [0.717, 1.165) is 11.1 Å². The Morgan fingerprint density at radius 1 is 0.812 bits per heavy atom. The normalized spacial score (nSPS) is 17.6. The summed E-state index contributed by atoms with van der Waals surface area (Å²) in [5.41, 5.74) is 3.25. The van der Waals surface area contributed by atoms with Crippen molar-refractivity contribution in [1.82, 2.24) is 0 Å². The lowest BCUT2D eigenvalue weighted by Gasteiger charge is -2.25. The lowest BCUT2D eigenvalue weighted by Crippen LogP contribution is -2.29. The third-order valence-corrected chi connectivity index (χ3v) is 5.53. The van der Waals surface area contributed by atoms with Gasteiger partial charge in [-0.15, -0.1) is 0 Å². The maximum Gasteiger partial charge on any atom is 0.335 e. The second kappa shape index (κ2) is 8.15. The largest absolute Gasteiger partial charge is 0.507 e. The highest BCUT2D eigenvalue weighted by Gasteiger charge is 2.47. The van der Waals surface area contributed by atoms with Crippen molar-refractivity contribution < 1.29 is 24.6 Å². The fourth-order valence-electron chi connectivity index (χ4n) is 3.82. The van der Waals surface area contributed by atoms with Crippen LogP contribution in [0.15, 0.2) is 78.4 Å². The molecule has 0 aliphatic carbocycles. The van der Waals surface area contributed by atoms with E-state index in [9.17, 15) is 24.6 Å². The van der Waals surface area contributed by atoms with Crippen molar-refractivity contribution in [2.45, 2.75) is 19.9 Å².